The Labute approximate surface area is 205 Å². The maximum Gasteiger partial charge on any atom is 0.312 e. The van der Waals surface area contributed by atoms with Crippen LogP contribution in [0.15, 0.2) is 24.3 Å². The molecule has 2 aliphatic heterocycles. The highest BCUT2D eigenvalue weighted by molar-refractivity contribution is 5.79. The molecule has 34 heavy (non-hydrogen) atoms. The molecule has 3 rings (SSSR count). The van der Waals surface area contributed by atoms with Crippen LogP contribution >= 0.6 is 0 Å². The summed E-state index contributed by atoms with van der Waals surface area (Å²) in [6.07, 6.45) is 8.41. The van der Waals surface area contributed by atoms with Crippen molar-refractivity contribution >= 4 is 17.4 Å². The molecule has 0 bridgehead atoms. The molecule has 0 aliphatic carbocycles. The number of carbonyl (C=O) groups is 2. The summed E-state index contributed by atoms with van der Waals surface area (Å²) < 4.78 is 19.0. The van der Waals surface area contributed by atoms with E-state index in [9.17, 15) is 14.0 Å². The van der Waals surface area contributed by atoms with Crippen molar-refractivity contribution in [3.63, 3.8) is 0 Å². The fourth-order valence-corrected chi connectivity index (χ4v) is 4.93. The summed E-state index contributed by atoms with van der Waals surface area (Å²) in [4.78, 5) is 27.2. The minimum atomic E-state index is -0.226. The third-order valence-electron chi connectivity index (χ3n) is 6.93. The Balaban J connectivity index is 0.000000739. The predicted molar refractivity (Wildman–Crippen MR) is 135 cm³/mol. The van der Waals surface area contributed by atoms with Crippen molar-refractivity contribution < 1.29 is 18.7 Å². The van der Waals surface area contributed by atoms with Crippen molar-refractivity contribution in [1.82, 2.24) is 4.90 Å². The van der Waals surface area contributed by atoms with Crippen LogP contribution in [0, 0.1) is 11.2 Å². The highest BCUT2D eigenvalue weighted by Crippen LogP contribution is 2.43. The zero-order chi connectivity index (χ0) is 25.0. The van der Waals surface area contributed by atoms with Gasteiger partial charge in [0.2, 0.25) is 0 Å². The molecule has 6 nitrogen and oxygen atoms in total. The van der Waals surface area contributed by atoms with E-state index in [2.05, 4.69) is 23.6 Å². The molecule has 1 aromatic rings. The number of hydrogen-bond donors (Lipinski definition) is 1. The van der Waals surface area contributed by atoms with Crippen LogP contribution in [0.25, 0.3) is 0 Å². The van der Waals surface area contributed by atoms with Gasteiger partial charge in [0, 0.05) is 44.8 Å². The van der Waals surface area contributed by atoms with Crippen LogP contribution in [0.1, 0.15) is 72.1 Å². The van der Waals surface area contributed by atoms with Crippen LogP contribution in [-0.4, -0.2) is 62.0 Å². The lowest BCUT2D eigenvalue weighted by Gasteiger charge is -2.36. The van der Waals surface area contributed by atoms with Gasteiger partial charge in [-0.2, -0.15) is 0 Å². The molecule has 2 fully saturated rings. The Morgan fingerprint density at radius 2 is 1.74 bits per heavy atom. The number of cyclic esters (lactones) is 1. The van der Waals surface area contributed by atoms with E-state index in [1.54, 1.807) is 0 Å². The summed E-state index contributed by atoms with van der Waals surface area (Å²) >= 11 is 0. The smallest absolute Gasteiger partial charge is 0.312 e. The molecule has 2 unspecified atom stereocenters. The Morgan fingerprint density at radius 1 is 1.09 bits per heavy atom. The van der Waals surface area contributed by atoms with Crippen molar-refractivity contribution in [1.29, 1.82) is 0 Å². The van der Waals surface area contributed by atoms with Gasteiger partial charge in [-0.3, -0.25) is 14.5 Å². The van der Waals surface area contributed by atoms with Crippen molar-refractivity contribution in [2.45, 2.75) is 78.2 Å². The van der Waals surface area contributed by atoms with E-state index < -0.39 is 0 Å². The summed E-state index contributed by atoms with van der Waals surface area (Å²) in [6, 6.07) is 6.77. The Morgan fingerprint density at radius 3 is 2.29 bits per heavy atom. The normalized spacial score (nSPS) is 22.8. The van der Waals surface area contributed by atoms with Gasteiger partial charge in [-0.05, 0) is 50.5 Å². The number of ketones is 1. The van der Waals surface area contributed by atoms with E-state index in [0.717, 1.165) is 76.9 Å². The maximum atomic E-state index is 13.1. The SMILES string of the molecule is CC(=O)CN.CCCCCC1(CCC)CC(CCN2CCN(c3ccc(F)cc3)CC2)OC1=O. The molecule has 0 spiro atoms. The molecular formula is C27H44FN3O3. The number of carbonyl (C=O) groups excluding carboxylic acids is 2. The van der Waals surface area contributed by atoms with Crippen LogP contribution in [-0.2, 0) is 14.3 Å². The van der Waals surface area contributed by atoms with E-state index in [1.165, 1.54) is 31.9 Å². The van der Waals surface area contributed by atoms with Crippen LogP contribution in [0.3, 0.4) is 0 Å². The van der Waals surface area contributed by atoms with E-state index in [0.29, 0.717) is 0 Å². The maximum absolute atomic E-state index is 13.1. The first-order valence-corrected chi connectivity index (χ1v) is 13.0. The Hall–Kier alpha value is -1.99. The second-order valence-corrected chi connectivity index (χ2v) is 9.72. The predicted octanol–water partition coefficient (Wildman–Crippen LogP) is 4.55. The Kier molecular flexibility index (Phi) is 12.0. The first kappa shape index (κ1) is 28.2. The number of unbranched alkanes of at least 4 members (excludes halogenated alkanes) is 2. The molecular weight excluding hydrogens is 433 g/mol. The van der Waals surface area contributed by atoms with Gasteiger partial charge >= 0.3 is 5.97 Å². The quantitative estimate of drug-likeness (QED) is 0.372. The summed E-state index contributed by atoms with van der Waals surface area (Å²) in [6.45, 7) is 10.9. The number of hydrogen-bond acceptors (Lipinski definition) is 6. The van der Waals surface area contributed by atoms with Crippen molar-refractivity contribution in [3.05, 3.63) is 30.1 Å². The van der Waals surface area contributed by atoms with Gasteiger partial charge in [-0.25, -0.2) is 4.39 Å². The zero-order valence-electron chi connectivity index (χ0n) is 21.4. The number of ether oxygens (including phenoxy) is 1. The fraction of sp³-hybridized carbons (Fsp3) is 0.704. The molecule has 0 saturated carbocycles. The van der Waals surface area contributed by atoms with Gasteiger partial charge in [0.25, 0.3) is 0 Å². The minimum absolute atomic E-state index is 0.0324. The lowest BCUT2D eigenvalue weighted by atomic mass is 9.76. The van der Waals surface area contributed by atoms with E-state index in [4.69, 9.17) is 10.5 Å². The Bertz CT molecular complexity index is 750. The van der Waals surface area contributed by atoms with Gasteiger partial charge < -0.3 is 15.4 Å². The number of esters is 1. The summed E-state index contributed by atoms with van der Waals surface area (Å²) in [5.74, 6) is -0.0982. The number of nitrogens with zero attached hydrogens (tertiary/aromatic N) is 2. The summed E-state index contributed by atoms with van der Waals surface area (Å²) in [5.41, 5.74) is 5.69. The van der Waals surface area contributed by atoms with Gasteiger partial charge in [0.15, 0.2) is 0 Å². The number of anilines is 1. The molecule has 192 valence electrons. The first-order valence-electron chi connectivity index (χ1n) is 13.0. The van der Waals surface area contributed by atoms with E-state index in [-0.39, 0.29) is 35.6 Å². The highest BCUT2D eigenvalue weighted by atomic mass is 19.1. The van der Waals surface area contributed by atoms with Gasteiger partial charge in [0.1, 0.15) is 17.7 Å². The zero-order valence-corrected chi connectivity index (χ0v) is 21.4. The minimum Gasteiger partial charge on any atom is -0.462 e. The molecule has 2 aliphatic rings. The van der Waals surface area contributed by atoms with Crippen molar-refractivity contribution in [2.75, 3.05) is 44.2 Å². The first-order chi connectivity index (χ1) is 16.3. The van der Waals surface area contributed by atoms with Crippen LogP contribution in [0.4, 0.5) is 10.1 Å². The lowest BCUT2D eigenvalue weighted by Crippen LogP contribution is -2.47. The number of nitrogens with two attached hydrogens (primary N) is 1. The van der Waals surface area contributed by atoms with Crippen LogP contribution < -0.4 is 10.6 Å². The molecule has 2 heterocycles. The third kappa shape index (κ3) is 8.66. The van der Waals surface area contributed by atoms with Gasteiger partial charge in [0.05, 0.1) is 12.0 Å². The average Bonchev–Trinajstić information content (AvgIpc) is 3.14. The number of piperazine rings is 1. The van der Waals surface area contributed by atoms with Crippen LogP contribution in [0.2, 0.25) is 0 Å². The monoisotopic (exact) mass is 477 g/mol. The van der Waals surface area contributed by atoms with Crippen molar-refractivity contribution in [3.8, 4) is 0 Å². The third-order valence-corrected chi connectivity index (χ3v) is 6.93. The molecule has 2 N–H and O–H groups in total. The molecule has 7 heteroatoms. The second kappa shape index (κ2) is 14.4. The number of benzene rings is 1. The highest BCUT2D eigenvalue weighted by Gasteiger charge is 2.47. The number of halogens is 1. The molecule has 1 aromatic carbocycles. The van der Waals surface area contributed by atoms with E-state index in [1.807, 2.05) is 12.1 Å². The molecule has 2 atom stereocenters. The van der Waals surface area contributed by atoms with Gasteiger partial charge in [-0.15, -0.1) is 0 Å². The lowest BCUT2D eigenvalue weighted by molar-refractivity contribution is -0.149. The average molecular weight is 478 g/mol. The molecule has 2 saturated heterocycles. The number of rotatable bonds is 11. The largest absolute Gasteiger partial charge is 0.462 e. The van der Waals surface area contributed by atoms with Crippen LogP contribution in [0.5, 0.6) is 0 Å². The summed E-state index contributed by atoms with van der Waals surface area (Å²) in [5, 5.41) is 0. The van der Waals surface area contributed by atoms with E-state index >= 15 is 0 Å². The summed E-state index contributed by atoms with van der Waals surface area (Å²) in [7, 11) is 0. The van der Waals surface area contributed by atoms with Crippen molar-refractivity contribution in [2.24, 2.45) is 11.1 Å². The van der Waals surface area contributed by atoms with Gasteiger partial charge in [-0.1, -0.05) is 39.5 Å². The fourth-order valence-electron chi connectivity index (χ4n) is 4.93. The standard InChI is InChI=1S/C24H37FN2O2.C3H7NO/c1-3-5-6-13-24(12-4-2)19-22(29-23(24)28)11-14-26-15-17-27(18-16-26)21-9-7-20(25)8-10-21;1-3(5)2-4/h7-10,22H,3-6,11-19H2,1-2H3;2,4H2,1H3. The second-order valence-electron chi connectivity index (χ2n) is 9.72. The molecule has 0 amide bonds. The molecule has 0 radical (unpaired) electrons. The topological polar surface area (TPSA) is 75.9 Å². The number of Topliss-reactive ketones (excluding diaryl/α,β-unsaturated/α-hetero) is 1. The molecule has 0 aromatic heterocycles.